The minimum Gasteiger partial charge on any atom is -0.394 e. The summed E-state index contributed by atoms with van der Waals surface area (Å²) in [5, 5.41) is 23.0. The van der Waals surface area contributed by atoms with Crippen LogP contribution in [-0.2, 0) is 27.9 Å². The van der Waals surface area contributed by atoms with Crippen molar-refractivity contribution in [3.8, 4) is 0 Å². The Hall–Kier alpha value is -1.71. The van der Waals surface area contributed by atoms with Crippen molar-refractivity contribution < 1.29 is 47.7 Å². The molecule has 14 nitrogen and oxygen atoms in total. The zero-order valence-corrected chi connectivity index (χ0v) is 23.0. The Morgan fingerprint density at radius 3 is 2.66 bits per heavy atom. The summed E-state index contributed by atoms with van der Waals surface area (Å²) in [6, 6.07) is -1.95. The third-order valence-corrected chi connectivity index (χ3v) is 11.6. The molecular weight excluding hydrogens is 543 g/mol. The average Bonchev–Trinajstić information content (AvgIpc) is 3.41. The van der Waals surface area contributed by atoms with E-state index in [9.17, 15) is 29.2 Å². The summed E-state index contributed by atoms with van der Waals surface area (Å²) < 4.78 is 35.4. The van der Waals surface area contributed by atoms with Crippen LogP contribution in [0.1, 0.15) is 26.7 Å². The van der Waals surface area contributed by atoms with E-state index in [0.29, 0.717) is 5.57 Å². The van der Waals surface area contributed by atoms with Gasteiger partial charge in [-0.3, -0.25) is 24.5 Å². The lowest BCUT2D eigenvalue weighted by Gasteiger charge is -2.68. The average molecular weight is 575 g/mol. The number of rotatable bonds is 1. The number of carbonyl (C=O) groups is 3. The molecule has 7 rings (SSSR count). The Balaban J connectivity index is 1.48. The number of aliphatic hydroxyl groups is 2. The predicted octanol–water partition coefficient (Wildman–Crippen LogP) is 0.201. The number of nitrogens with one attached hydrogen (secondary N) is 1. The van der Waals surface area contributed by atoms with Gasteiger partial charge in [-0.2, -0.15) is 0 Å². The Morgan fingerprint density at radius 2 is 1.95 bits per heavy atom. The minimum absolute atomic E-state index is 0.0402. The number of aliphatic hydroxyl groups excluding tert-OH is 2. The van der Waals surface area contributed by atoms with Crippen LogP contribution in [0.2, 0.25) is 0 Å². The van der Waals surface area contributed by atoms with Crippen molar-refractivity contribution in [1.29, 1.82) is 0 Å². The Bertz CT molecular complexity index is 1170. The summed E-state index contributed by atoms with van der Waals surface area (Å²) in [6.45, 7) is 4.07. The summed E-state index contributed by atoms with van der Waals surface area (Å²) in [5.74, 6) is -0.481. The number of ether oxygens (including phenoxy) is 2. The highest BCUT2D eigenvalue weighted by Gasteiger charge is 2.76. The van der Waals surface area contributed by atoms with Gasteiger partial charge in [-0.15, -0.1) is 11.8 Å². The molecule has 0 aromatic carbocycles. The molecule has 5 amide bonds. The van der Waals surface area contributed by atoms with Crippen molar-refractivity contribution in [2.45, 2.75) is 79.2 Å². The van der Waals surface area contributed by atoms with Crippen molar-refractivity contribution >= 4 is 37.3 Å². The Kier molecular flexibility index (Phi) is 6.03. The van der Waals surface area contributed by atoms with Crippen molar-refractivity contribution in [3.05, 3.63) is 11.8 Å². The Labute approximate surface area is 223 Å². The summed E-state index contributed by atoms with van der Waals surface area (Å²) in [4.78, 5) is 43.3. The molecule has 1 spiro atoms. The third kappa shape index (κ3) is 3.56. The fourth-order valence-corrected chi connectivity index (χ4v) is 9.51. The van der Waals surface area contributed by atoms with Gasteiger partial charge in [0, 0.05) is 32.8 Å². The molecule has 5 saturated heterocycles. The summed E-state index contributed by atoms with van der Waals surface area (Å²) in [5.41, 5.74) is 0.701. The van der Waals surface area contributed by atoms with E-state index in [1.807, 2.05) is 6.92 Å². The van der Waals surface area contributed by atoms with Gasteiger partial charge in [0.1, 0.15) is 34.3 Å². The SMILES string of the molecule is CC1=CN2C(=O)N(C)C13S[C@]1(C)C(=O)NC(=O)N([C@H]31)[C@H]1C[C@H](O[P@](C)(=O)OC[C@H]3O[C@@H]2C[C@@H]3O)[C@@H](CO)O1. The molecule has 210 valence electrons. The first-order valence-electron chi connectivity index (χ1n) is 12.4. The van der Waals surface area contributed by atoms with Gasteiger partial charge in [0.25, 0.3) is 0 Å². The molecule has 0 aromatic rings. The van der Waals surface area contributed by atoms with Crippen LogP contribution in [0.25, 0.3) is 0 Å². The van der Waals surface area contributed by atoms with Crippen LogP contribution in [-0.4, -0.2) is 122 Å². The molecule has 5 fully saturated rings. The Morgan fingerprint density at radius 1 is 1.21 bits per heavy atom. The number of hydrogen-bond acceptors (Lipinski definition) is 11. The molecule has 10 atom stereocenters. The summed E-state index contributed by atoms with van der Waals surface area (Å²) >= 11 is 1.26. The van der Waals surface area contributed by atoms with Crippen LogP contribution in [0.15, 0.2) is 11.8 Å². The zero-order valence-electron chi connectivity index (χ0n) is 21.3. The van der Waals surface area contributed by atoms with Gasteiger partial charge >= 0.3 is 19.7 Å². The van der Waals surface area contributed by atoms with Crippen molar-refractivity contribution in [2.24, 2.45) is 0 Å². The zero-order chi connectivity index (χ0) is 27.4. The first kappa shape index (κ1) is 26.5. The summed E-state index contributed by atoms with van der Waals surface area (Å²) in [7, 11) is -2.12. The number of urea groups is 2. The van der Waals surface area contributed by atoms with Gasteiger partial charge in [-0.05, 0) is 19.4 Å². The molecule has 16 heteroatoms. The maximum Gasteiger partial charge on any atom is 0.328 e. The maximum absolute atomic E-state index is 13.7. The second-order valence-electron chi connectivity index (χ2n) is 10.7. The number of carbonyl (C=O) groups excluding carboxylic acids is 3. The van der Waals surface area contributed by atoms with Crippen LogP contribution in [0.3, 0.4) is 0 Å². The molecule has 0 aromatic heterocycles. The van der Waals surface area contributed by atoms with Gasteiger partial charge in [0.05, 0.1) is 31.5 Å². The van der Waals surface area contributed by atoms with Crippen LogP contribution in [0, 0.1) is 0 Å². The molecule has 7 heterocycles. The number of likely N-dealkylation sites (N-methyl/N-ethyl adjacent to an activating group) is 1. The van der Waals surface area contributed by atoms with Gasteiger partial charge < -0.3 is 33.6 Å². The van der Waals surface area contributed by atoms with E-state index in [1.54, 1.807) is 20.2 Å². The minimum atomic E-state index is -3.72. The van der Waals surface area contributed by atoms with Gasteiger partial charge in [-0.1, -0.05) is 0 Å². The molecule has 6 bridgehead atoms. The van der Waals surface area contributed by atoms with E-state index >= 15 is 0 Å². The van der Waals surface area contributed by atoms with E-state index in [0.717, 1.165) is 0 Å². The molecule has 0 radical (unpaired) electrons. The molecule has 0 saturated carbocycles. The van der Waals surface area contributed by atoms with Gasteiger partial charge in [0.2, 0.25) is 5.91 Å². The van der Waals surface area contributed by atoms with E-state index in [1.165, 1.54) is 33.1 Å². The second kappa shape index (κ2) is 8.64. The molecular formula is C22H31N4O10PS. The second-order valence-corrected chi connectivity index (χ2v) is 14.4. The van der Waals surface area contributed by atoms with E-state index in [2.05, 4.69) is 5.32 Å². The number of imide groups is 1. The third-order valence-electron chi connectivity index (χ3n) is 8.33. The normalized spacial score (nSPS) is 48.6. The van der Waals surface area contributed by atoms with E-state index in [-0.39, 0.29) is 19.4 Å². The van der Waals surface area contributed by atoms with Crippen LogP contribution in [0.4, 0.5) is 9.59 Å². The fraction of sp³-hybridized carbons (Fsp3) is 0.773. The molecule has 1 unspecified atom stereocenters. The first-order chi connectivity index (χ1) is 17.8. The largest absolute Gasteiger partial charge is 0.394 e. The molecule has 3 N–H and O–H groups in total. The quantitative estimate of drug-likeness (QED) is 0.366. The lowest BCUT2D eigenvalue weighted by Crippen LogP contribution is -2.86. The van der Waals surface area contributed by atoms with Gasteiger partial charge in [0.15, 0.2) is 0 Å². The highest BCUT2D eigenvalue weighted by atomic mass is 32.2. The number of amides is 5. The smallest absolute Gasteiger partial charge is 0.328 e. The standard InChI is InChI=1S/C22H31N4O10PS/c1-10-7-25-15-5-11(28)14(35-15)9-33-37(4,32)36-12-6-16(34-13(12)8-27)26-17-21(2,18(29)23-19(26)30)38-22(10,17)24(3)20(25)31/h7,11-17,27-28H,5-6,8-9H2,1-4H3,(H,23,29,30)/t11-,12-,13+,14+,15+,16+,17-,21-,22?,37+/m0/s1. The highest BCUT2D eigenvalue weighted by molar-refractivity contribution is 8.04. The molecule has 0 aliphatic carbocycles. The number of fused-ring (bicyclic) bond motifs is 4. The maximum atomic E-state index is 13.7. The predicted molar refractivity (Wildman–Crippen MR) is 131 cm³/mol. The number of thioether (sulfide) groups is 1. The fourth-order valence-electron chi connectivity index (χ4n) is 6.43. The van der Waals surface area contributed by atoms with E-state index < -0.39 is 84.7 Å². The van der Waals surface area contributed by atoms with Crippen LogP contribution in [0.5, 0.6) is 0 Å². The van der Waals surface area contributed by atoms with Crippen molar-refractivity contribution in [1.82, 2.24) is 20.0 Å². The van der Waals surface area contributed by atoms with Crippen molar-refractivity contribution in [3.63, 3.8) is 0 Å². The van der Waals surface area contributed by atoms with Gasteiger partial charge in [-0.25, -0.2) is 9.59 Å². The molecule has 7 aliphatic rings. The topological polar surface area (TPSA) is 167 Å². The number of nitrogens with zero attached hydrogens (tertiary/aromatic N) is 3. The summed E-state index contributed by atoms with van der Waals surface area (Å²) in [6.07, 6.45) is -3.64. The van der Waals surface area contributed by atoms with Crippen molar-refractivity contribution in [2.75, 3.05) is 26.9 Å². The van der Waals surface area contributed by atoms with Crippen LogP contribution >= 0.6 is 19.4 Å². The highest BCUT2D eigenvalue weighted by Crippen LogP contribution is 2.65. The molecule has 38 heavy (non-hydrogen) atoms. The molecule has 7 aliphatic heterocycles. The lowest BCUT2D eigenvalue weighted by atomic mass is 9.81. The van der Waals surface area contributed by atoms with E-state index in [4.69, 9.17) is 18.5 Å². The first-order valence-corrected chi connectivity index (χ1v) is 15.2. The van der Waals surface area contributed by atoms with Crippen LogP contribution < -0.4 is 5.32 Å². The monoisotopic (exact) mass is 574 g/mol. The number of hydrogen-bond donors (Lipinski definition) is 3. The lowest BCUT2D eigenvalue weighted by molar-refractivity contribution is -0.136.